The Balaban J connectivity index is 1.38. The van der Waals surface area contributed by atoms with Crippen molar-refractivity contribution in [2.24, 2.45) is 35.5 Å². The summed E-state index contributed by atoms with van der Waals surface area (Å²) in [5.41, 5.74) is 3.51. The Morgan fingerprint density at radius 3 is 2.81 bits per heavy atom. The second-order valence-electron chi connectivity index (χ2n) is 9.99. The van der Waals surface area contributed by atoms with Gasteiger partial charge in [-0.05, 0) is 99.7 Å². The molecule has 0 saturated heterocycles. The molecule has 0 bridgehead atoms. The van der Waals surface area contributed by atoms with E-state index in [0.29, 0.717) is 0 Å². The smallest absolute Gasteiger partial charge is 0.0147 e. The number of allylic oxidation sites excluding steroid dienone is 3. The average Bonchev–Trinajstić information content (AvgIpc) is 2.67. The summed E-state index contributed by atoms with van der Waals surface area (Å²) in [5.74, 6) is 5.55. The largest absolute Gasteiger partial charge is 0.0993 e. The van der Waals surface area contributed by atoms with Gasteiger partial charge in [0, 0.05) is 3.92 Å². The molecule has 0 heterocycles. The van der Waals surface area contributed by atoms with E-state index in [9.17, 15) is 0 Å². The van der Waals surface area contributed by atoms with Crippen LogP contribution in [-0.4, -0.2) is 3.92 Å². The van der Waals surface area contributed by atoms with Crippen molar-refractivity contribution in [3.8, 4) is 0 Å². The van der Waals surface area contributed by atoms with Gasteiger partial charge in [0.05, 0.1) is 0 Å². The lowest BCUT2D eigenvalue weighted by molar-refractivity contribution is 0.157. The van der Waals surface area contributed by atoms with Crippen LogP contribution in [0, 0.1) is 35.5 Å². The van der Waals surface area contributed by atoms with Gasteiger partial charge in [0.1, 0.15) is 0 Å². The number of hydrogen-bond acceptors (Lipinski definition) is 0. The van der Waals surface area contributed by atoms with Crippen molar-refractivity contribution < 1.29 is 0 Å². The lowest BCUT2D eigenvalue weighted by Gasteiger charge is -2.44. The molecule has 0 aliphatic heterocycles. The highest BCUT2D eigenvalue weighted by molar-refractivity contribution is 14.1. The van der Waals surface area contributed by atoms with Gasteiger partial charge in [-0.25, -0.2) is 0 Å². The first-order valence-electron chi connectivity index (χ1n) is 11.7. The summed E-state index contributed by atoms with van der Waals surface area (Å²) in [7, 11) is 0. The molecule has 4 aliphatic carbocycles. The van der Waals surface area contributed by atoms with Gasteiger partial charge >= 0.3 is 0 Å². The minimum absolute atomic E-state index is 0.842. The second kappa shape index (κ2) is 8.70. The fraction of sp³-hybridized carbons (Fsp3) is 0.840. The highest BCUT2D eigenvalue weighted by Gasteiger charge is 2.38. The van der Waals surface area contributed by atoms with Crippen LogP contribution in [0.2, 0.25) is 0 Å². The van der Waals surface area contributed by atoms with Crippen LogP contribution in [0.25, 0.3) is 0 Å². The maximum atomic E-state index is 4.67. The summed E-state index contributed by atoms with van der Waals surface area (Å²) in [4.78, 5) is 0. The summed E-state index contributed by atoms with van der Waals surface area (Å²) in [6.07, 6.45) is 21.5. The van der Waals surface area contributed by atoms with Crippen LogP contribution in [0.3, 0.4) is 0 Å². The van der Waals surface area contributed by atoms with Gasteiger partial charge < -0.3 is 0 Å². The molecule has 0 aromatic rings. The predicted octanol–water partition coefficient (Wildman–Crippen LogP) is 8.12. The molecule has 7 unspecified atom stereocenters. The van der Waals surface area contributed by atoms with Crippen molar-refractivity contribution in [1.82, 2.24) is 0 Å². The van der Waals surface area contributed by atoms with E-state index in [2.05, 4.69) is 42.2 Å². The van der Waals surface area contributed by atoms with Crippen LogP contribution < -0.4 is 0 Å². The molecule has 3 saturated carbocycles. The molecule has 0 amide bonds. The van der Waals surface area contributed by atoms with Gasteiger partial charge in [-0.15, -0.1) is 0 Å². The topological polar surface area (TPSA) is 0 Å². The molecule has 3 fully saturated rings. The van der Waals surface area contributed by atoms with Crippen molar-refractivity contribution in [3.63, 3.8) is 0 Å². The van der Waals surface area contributed by atoms with Gasteiger partial charge in [0.15, 0.2) is 0 Å². The molecule has 1 heteroatoms. The second-order valence-corrected chi connectivity index (χ2v) is 11.8. The molecule has 0 aromatic heterocycles. The maximum absolute atomic E-state index is 4.67. The lowest BCUT2D eigenvalue weighted by Crippen LogP contribution is -2.32. The molecule has 0 spiro atoms. The number of alkyl halides is 1. The van der Waals surface area contributed by atoms with E-state index in [1.54, 1.807) is 5.57 Å². The van der Waals surface area contributed by atoms with Gasteiger partial charge in [-0.1, -0.05) is 72.6 Å². The molecule has 7 atom stereocenters. The minimum Gasteiger partial charge on any atom is -0.0993 e. The van der Waals surface area contributed by atoms with Crippen LogP contribution >= 0.6 is 22.6 Å². The number of halogens is 1. The number of rotatable bonds is 4. The summed E-state index contributed by atoms with van der Waals surface area (Å²) >= 11 is 2.67. The van der Waals surface area contributed by atoms with Crippen molar-refractivity contribution >= 4 is 22.6 Å². The van der Waals surface area contributed by atoms with Gasteiger partial charge in [0.25, 0.3) is 0 Å². The third-order valence-corrected chi connectivity index (χ3v) is 9.72. The molecular formula is C25H39I. The normalized spacial score (nSPS) is 41.8. The predicted molar refractivity (Wildman–Crippen MR) is 122 cm³/mol. The zero-order valence-corrected chi connectivity index (χ0v) is 19.1. The quantitative estimate of drug-likeness (QED) is 0.223. The van der Waals surface area contributed by atoms with Gasteiger partial charge in [-0.3, -0.25) is 0 Å². The van der Waals surface area contributed by atoms with Crippen molar-refractivity contribution in [2.45, 2.75) is 94.3 Å². The Kier molecular flexibility index (Phi) is 6.53. The number of hydrogen-bond donors (Lipinski definition) is 0. The lowest BCUT2D eigenvalue weighted by atomic mass is 9.62. The summed E-state index contributed by atoms with van der Waals surface area (Å²) < 4.78 is 0.905. The molecule has 26 heavy (non-hydrogen) atoms. The fourth-order valence-electron chi connectivity index (χ4n) is 7.03. The molecule has 146 valence electrons. The van der Waals surface area contributed by atoms with E-state index in [1.807, 2.05) is 5.57 Å². The minimum atomic E-state index is 0.842. The summed E-state index contributed by atoms with van der Waals surface area (Å²) in [6.45, 7) is 7.13. The van der Waals surface area contributed by atoms with E-state index in [4.69, 9.17) is 0 Å². The van der Waals surface area contributed by atoms with Crippen molar-refractivity contribution in [1.29, 1.82) is 0 Å². The van der Waals surface area contributed by atoms with E-state index in [1.165, 1.54) is 83.5 Å². The highest BCUT2D eigenvalue weighted by atomic mass is 127. The van der Waals surface area contributed by atoms with Crippen LogP contribution in [0.4, 0.5) is 0 Å². The first kappa shape index (κ1) is 19.5. The van der Waals surface area contributed by atoms with E-state index in [0.717, 1.165) is 39.4 Å². The van der Waals surface area contributed by atoms with Gasteiger partial charge in [-0.2, -0.15) is 0 Å². The van der Waals surface area contributed by atoms with Crippen LogP contribution in [0.15, 0.2) is 23.8 Å². The van der Waals surface area contributed by atoms with E-state index in [-0.39, 0.29) is 0 Å². The Labute approximate surface area is 175 Å². The zero-order chi connectivity index (χ0) is 18.1. The van der Waals surface area contributed by atoms with Crippen LogP contribution in [0.1, 0.15) is 90.4 Å². The summed E-state index contributed by atoms with van der Waals surface area (Å²) in [5, 5.41) is 0. The maximum Gasteiger partial charge on any atom is 0.0147 e. The zero-order valence-electron chi connectivity index (χ0n) is 16.9. The Morgan fingerprint density at radius 2 is 1.96 bits per heavy atom. The average molecular weight is 466 g/mol. The first-order chi connectivity index (χ1) is 12.7. The first-order valence-corrected chi connectivity index (χ1v) is 12.9. The SMILES string of the molecule is C=C1C(CC(CC)C2CC=C3CC(I)CCC3C2)CCC2CCCCC12. The van der Waals surface area contributed by atoms with Crippen LogP contribution in [0.5, 0.6) is 0 Å². The molecule has 0 nitrogen and oxygen atoms in total. The third-order valence-electron chi connectivity index (χ3n) is 8.65. The molecule has 0 radical (unpaired) electrons. The monoisotopic (exact) mass is 466 g/mol. The van der Waals surface area contributed by atoms with Crippen molar-refractivity contribution in [3.05, 3.63) is 23.8 Å². The molecule has 4 aliphatic rings. The Bertz CT molecular complexity index is 532. The van der Waals surface area contributed by atoms with E-state index < -0.39 is 0 Å². The highest BCUT2D eigenvalue weighted by Crippen LogP contribution is 2.49. The molecule has 4 rings (SSSR count). The Hall–Kier alpha value is 0.210. The Morgan fingerprint density at radius 1 is 1.12 bits per heavy atom. The standard InChI is InChI=1S/C25H39I/c1-3-18(21-10-11-23-16-24(26)13-12-22(23)15-21)14-20-9-8-19-6-4-5-7-25(19)17(20)2/h11,18-22,24-25H,2-10,12-16H2,1H3. The van der Waals surface area contributed by atoms with Gasteiger partial charge in [0.2, 0.25) is 0 Å². The van der Waals surface area contributed by atoms with Crippen LogP contribution in [-0.2, 0) is 0 Å². The molecule has 0 aromatic carbocycles. The summed E-state index contributed by atoms with van der Waals surface area (Å²) in [6, 6.07) is 0. The van der Waals surface area contributed by atoms with E-state index >= 15 is 0 Å². The third kappa shape index (κ3) is 4.13. The number of fused-ring (bicyclic) bond motifs is 2. The molecular weight excluding hydrogens is 427 g/mol. The fourth-order valence-corrected chi connectivity index (χ4v) is 7.90. The molecule has 0 N–H and O–H groups in total. The van der Waals surface area contributed by atoms with Crippen molar-refractivity contribution in [2.75, 3.05) is 0 Å².